The Morgan fingerprint density at radius 3 is 1.89 bits per heavy atom. The molecule has 1 fully saturated rings. The van der Waals surface area contributed by atoms with Gasteiger partial charge in [-0.25, -0.2) is 0 Å². The van der Waals surface area contributed by atoms with Gasteiger partial charge in [0.25, 0.3) is 0 Å². The average Bonchev–Trinajstić information content (AvgIpc) is 2.74. The first-order valence-electron chi connectivity index (χ1n) is 10.6. The highest BCUT2D eigenvalue weighted by Crippen LogP contribution is 2.41. The minimum absolute atomic E-state index is 0.114. The first kappa shape index (κ1) is 28.2. The maximum Gasteiger partial charge on any atom is 0.308 e. The minimum Gasteiger partial charge on any atom is -0.463 e. The Morgan fingerprint density at radius 1 is 0.800 bits per heavy atom. The number of halogens is 1. The van der Waals surface area contributed by atoms with Crippen LogP contribution in [0.25, 0.3) is 0 Å². The highest BCUT2D eigenvalue weighted by atomic mass is 79.9. The van der Waals surface area contributed by atoms with E-state index >= 15 is 0 Å². The van der Waals surface area contributed by atoms with Crippen molar-refractivity contribution in [2.45, 2.75) is 70.5 Å². The molecule has 12 heteroatoms. The van der Waals surface area contributed by atoms with E-state index in [2.05, 4.69) is 15.9 Å². The Morgan fingerprint density at radius 2 is 1.37 bits per heavy atom. The van der Waals surface area contributed by atoms with Crippen LogP contribution in [0.1, 0.15) is 51.8 Å². The zero-order valence-electron chi connectivity index (χ0n) is 19.9. The topological polar surface area (TPSA) is 141 Å². The van der Waals surface area contributed by atoms with E-state index in [-0.39, 0.29) is 12.4 Å². The van der Waals surface area contributed by atoms with Crippen molar-refractivity contribution in [1.82, 2.24) is 0 Å². The largest absolute Gasteiger partial charge is 0.463 e. The monoisotopic (exact) mass is 558 g/mol. The van der Waals surface area contributed by atoms with Gasteiger partial charge in [-0.3, -0.25) is 24.0 Å². The normalized spacial score (nSPS) is 23.5. The second-order valence-corrected chi connectivity index (χ2v) is 8.28. The van der Waals surface area contributed by atoms with Crippen LogP contribution in [0.4, 0.5) is 0 Å². The molecular formula is C23H27BrO11. The van der Waals surface area contributed by atoms with Crippen molar-refractivity contribution < 1.29 is 52.4 Å². The van der Waals surface area contributed by atoms with Crippen LogP contribution in [0, 0.1) is 0 Å². The first-order valence-corrected chi connectivity index (χ1v) is 11.7. The van der Waals surface area contributed by atoms with E-state index < -0.39 is 60.4 Å². The van der Waals surface area contributed by atoms with Gasteiger partial charge < -0.3 is 28.4 Å². The number of hydrogen-bond acceptors (Lipinski definition) is 11. The average molecular weight is 559 g/mol. The fourth-order valence-electron chi connectivity index (χ4n) is 3.63. The molecule has 1 saturated heterocycles. The number of carbonyl (C=O) groups excluding carboxylic acids is 5. The van der Waals surface area contributed by atoms with Crippen molar-refractivity contribution in [3.8, 4) is 5.75 Å². The summed E-state index contributed by atoms with van der Waals surface area (Å²) >= 11 is 3.36. The number of rotatable bonds is 8. The van der Waals surface area contributed by atoms with Gasteiger partial charge in [-0.2, -0.15) is 0 Å². The van der Waals surface area contributed by atoms with Crippen molar-refractivity contribution in [3.05, 3.63) is 29.3 Å². The van der Waals surface area contributed by atoms with Crippen molar-refractivity contribution in [1.29, 1.82) is 0 Å². The maximum absolute atomic E-state index is 12.0. The van der Waals surface area contributed by atoms with Gasteiger partial charge >= 0.3 is 29.8 Å². The van der Waals surface area contributed by atoms with E-state index in [4.69, 9.17) is 28.4 Å². The quantitative estimate of drug-likeness (QED) is 0.201. The van der Waals surface area contributed by atoms with Crippen molar-refractivity contribution in [3.63, 3.8) is 0 Å². The third-order valence-electron chi connectivity index (χ3n) is 4.78. The van der Waals surface area contributed by atoms with E-state index in [0.717, 1.165) is 26.3 Å². The van der Waals surface area contributed by atoms with Crippen molar-refractivity contribution in [2.75, 3.05) is 6.61 Å². The Bertz CT molecular complexity index is 976. The summed E-state index contributed by atoms with van der Waals surface area (Å²) in [6.07, 6.45) is -6.22. The molecule has 0 bridgehead atoms. The molecule has 1 aromatic rings. The third-order valence-corrected chi connectivity index (χ3v) is 5.43. The van der Waals surface area contributed by atoms with Gasteiger partial charge in [-0.15, -0.1) is 0 Å². The summed E-state index contributed by atoms with van der Waals surface area (Å²) in [6.45, 7) is 5.46. The van der Waals surface area contributed by atoms with Crippen LogP contribution in [0.15, 0.2) is 18.2 Å². The van der Waals surface area contributed by atoms with Gasteiger partial charge in [0.2, 0.25) is 0 Å². The van der Waals surface area contributed by atoms with Gasteiger partial charge in [0.05, 0.1) is 0 Å². The first-order chi connectivity index (χ1) is 16.4. The van der Waals surface area contributed by atoms with E-state index in [0.29, 0.717) is 10.9 Å². The molecule has 11 nitrogen and oxygen atoms in total. The molecule has 0 amide bonds. The molecule has 1 unspecified atom stereocenters. The second-order valence-electron chi connectivity index (χ2n) is 7.72. The van der Waals surface area contributed by atoms with Crippen LogP contribution in [0.2, 0.25) is 0 Å². The van der Waals surface area contributed by atoms with E-state index in [1.807, 2.05) is 0 Å². The van der Waals surface area contributed by atoms with Crippen LogP contribution < -0.4 is 4.74 Å². The number of benzene rings is 1. The smallest absolute Gasteiger partial charge is 0.308 e. The lowest BCUT2D eigenvalue weighted by Crippen LogP contribution is -2.59. The van der Waals surface area contributed by atoms with Gasteiger partial charge in [0.1, 0.15) is 24.6 Å². The molecule has 0 saturated carbocycles. The molecule has 0 spiro atoms. The highest BCUT2D eigenvalue weighted by Gasteiger charge is 2.53. The van der Waals surface area contributed by atoms with E-state index in [1.54, 1.807) is 18.2 Å². The summed E-state index contributed by atoms with van der Waals surface area (Å²) < 4.78 is 32.9. The summed E-state index contributed by atoms with van der Waals surface area (Å²) in [7, 11) is 0. The van der Waals surface area contributed by atoms with Crippen molar-refractivity contribution in [2.24, 2.45) is 0 Å². The fraction of sp³-hybridized carbons (Fsp3) is 0.522. The highest BCUT2D eigenvalue weighted by molar-refractivity contribution is 9.08. The van der Waals surface area contributed by atoms with Crippen LogP contribution in [0.3, 0.4) is 0 Å². The third kappa shape index (κ3) is 8.03. The molecule has 35 heavy (non-hydrogen) atoms. The fourth-order valence-corrected chi connectivity index (χ4v) is 3.98. The molecule has 1 aromatic carbocycles. The maximum atomic E-state index is 12.0. The molecule has 1 aliphatic rings. The zero-order valence-corrected chi connectivity index (χ0v) is 21.5. The summed E-state index contributed by atoms with van der Waals surface area (Å²) in [4.78, 5) is 59.1. The van der Waals surface area contributed by atoms with Gasteiger partial charge in [0, 0.05) is 45.5 Å². The van der Waals surface area contributed by atoms with E-state index in [9.17, 15) is 24.0 Å². The molecule has 0 radical (unpaired) electrons. The van der Waals surface area contributed by atoms with Gasteiger partial charge in [0.15, 0.2) is 18.3 Å². The lowest BCUT2D eigenvalue weighted by Gasteiger charge is -2.44. The Kier molecular flexibility index (Phi) is 10.2. The number of alkyl halides is 1. The molecule has 2 rings (SSSR count). The Labute approximate surface area is 210 Å². The summed E-state index contributed by atoms with van der Waals surface area (Å²) in [5.74, 6) is -3.33. The molecule has 1 heterocycles. The van der Waals surface area contributed by atoms with Crippen LogP contribution >= 0.6 is 15.9 Å². The second kappa shape index (κ2) is 12.6. The number of hydrogen-bond donors (Lipinski definition) is 0. The zero-order chi connectivity index (χ0) is 26.3. The SMILES string of the molecule is CC(=O)OC[C@H]1O[C@@H](c2cc(CBr)ccc2OC(C)=O)[C@H](OC(C)=O)C(OC(C)=O)[C@@H]1OC(C)=O. The molecule has 1 aliphatic heterocycles. The molecule has 192 valence electrons. The standard InChI is InChI=1S/C23H27BrO11/c1-11(25)30-10-19-21(32-13(3)27)23(34-15(5)29)22(33-14(4)28)20(35-19)17-8-16(9-24)6-7-18(17)31-12(2)26/h6-8,19-23H,9-10H2,1-5H3/t19-,20+,21-,22+,23?/m1/s1. The van der Waals surface area contributed by atoms with E-state index in [1.165, 1.54) is 13.8 Å². The predicted octanol–water partition coefficient (Wildman–Crippen LogP) is 2.30. The predicted molar refractivity (Wildman–Crippen MR) is 121 cm³/mol. The summed E-state index contributed by atoms with van der Waals surface area (Å²) in [5.41, 5.74) is 1.07. The molecule has 0 aliphatic carbocycles. The Balaban J connectivity index is 2.70. The van der Waals surface area contributed by atoms with Crippen LogP contribution in [-0.2, 0) is 53.0 Å². The Hall–Kier alpha value is -2.99. The number of carbonyl (C=O) groups is 5. The molecule has 5 atom stereocenters. The lowest BCUT2D eigenvalue weighted by atomic mass is 9.89. The summed E-state index contributed by atoms with van der Waals surface area (Å²) in [5, 5.41) is 0.436. The van der Waals surface area contributed by atoms with Gasteiger partial charge in [-0.1, -0.05) is 22.0 Å². The van der Waals surface area contributed by atoms with Gasteiger partial charge in [-0.05, 0) is 17.7 Å². The summed E-state index contributed by atoms with van der Waals surface area (Å²) in [6, 6.07) is 4.91. The molecule has 0 aromatic heterocycles. The van der Waals surface area contributed by atoms with Crippen LogP contribution in [0.5, 0.6) is 5.75 Å². The lowest BCUT2D eigenvalue weighted by molar-refractivity contribution is -0.254. The van der Waals surface area contributed by atoms with Crippen molar-refractivity contribution >= 4 is 45.8 Å². The number of ether oxygens (including phenoxy) is 6. The minimum atomic E-state index is -1.34. The molecular weight excluding hydrogens is 532 g/mol. The molecule has 0 N–H and O–H groups in total. The number of esters is 5. The van der Waals surface area contributed by atoms with Crippen LogP contribution in [-0.4, -0.2) is 60.9 Å².